The van der Waals surface area contributed by atoms with Gasteiger partial charge in [0.15, 0.2) is 17.3 Å². The molecule has 0 spiro atoms. The van der Waals surface area contributed by atoms with Gasteiger partial charge in [-0.15, -0.1) is 0 Å². The summed E-state index contributed by atoms with van der Waals surface area (Å²) in [4.78, 5) is 0. The van der Waals surface area contributed by atoms with Gasteiger partial charge in [0, 0.05) is 0 Å². The fraction of sp³-hybridized carbons (Fsp3) is 0.333. The van der Waals surface area contributed by atoms with Crippen LogP contribution in [0.3, 0.4) is 0 Å². The second-order valence-corrected chi connectivity index (χ2v) is 2.34. The predicted molar refractivity (Wildman–Crippen MR) is 45.5 cm³/mol. The molecule has 0 atom stereocenters. The minimum absolute atomic E-state index is 0.0657. The number of benzene rings is 1. The van der Waals surface area contributed by atoms with Crippen LogP contribution in [0.4, 0.5) is 4.39 Å². The summed E-state index contributed by atoms with van der Waals surface area (Å²) in [7, 11) is 1.37. The summed E-state index contributed by atoms with van der Waals surface area (Å²) in [6, 6.07) is 4.38. The van der Waals surface area contributed by atoms with E-state index in [1.807, 2.05) is 0 Å². The molecule has 0 aliphatic rings. The van der Waals surface area contributed by atoms with Crippen LogP contribution in [-0.4, -0.2) is 25.4 Å². The van der Waals surface area contributed by atoms with Gasteiger partial charge in [-0.05, 0) is 12.1 Å². The maximum atomic E-state index is 13.0. The normalized spacial score (nSPS) is 9.77. The summed E-state index contributed by atoms with van der Waals surface area (Å²) in [5.74, 6) is -0.106. The van der Waals surface area contributed by atoms with E-state index in [0.29, 0.717) is 5.75 Å². The molecule has 0 unspecified atom stereocenters. The number of methoxy groups -OCH3 is 1. The molecule has 3 nitrogen and oxygen atoms in total. The maximum absolute atomic E-state index is 13.0. The molecule has 1 aromatic rings. The highest BCUT2D eigenvalue weighted by atomic mass is 19.1. The first-order valence-electron chi connectivity index (χ1n) is 3.85. The third-order valence-electron chi connectivity index (χ3n) is 1.48. The summed E-state index contributed by atoms with van der Waals surface area (Å²) >= 11 is 0. The molecule has 0 aromatic heterocycles. The molecule has 1 aromatic carbocycles. The van der Waals surface area contributed by atoms with Gasteiger partial charge in [0.05, 0.1) is 13.7 Å². The monoisotopic (exact) mass is 186 g/mol. The largest absolute Gasteiger partial charge is 0.490 e. The Morgan fingerprint density at radius 3 is 2.85 bits per heavy atom. The van der Waals surface area contributed by atoms with Gasteiger partial charge >= 0.3 is 0 Å². The first-order chi connectivity index (χ1) is 6.29. The SMILES string of the molecule is COc1c(F)cccc1OCCO. The first-order valence-corrected chi connectivity index (χ1v) is 3.85. The minimum atomic E-state index is -0.474. The van der Waals surface area contributed by atoms with E-state index < -0.39 is 5.82 Å². The van der Waals surface area contributed by atoms with E-state index in [9.17, 15) is 4.39 Å². The van der Waals surface area contributed by atoms with Crippen molar-refractivity contribution in [1.82, 2.24) is 0 Å². The van der Waals surface area contributed by atoms with Crippen molar-refractivity contribution in [3.63, 3.8) is 0 Å². The van der Waals surface area contributed by atoms with Crippen LogP contribution in [0.1, 0.15) is 0 Å². The molecule has 1 rings (SSSR count). The zero-order valence-corrected chi connectivity index (χ0v) is 7.29. The molecular weight excluding hydrogens is 175 g/mol. The standard InChI is InChI=1S/C9H11FO3/c1-12-9-7(10)3-2-4-8(9)13-6-5-11/h2-4,11H,5-6H2,1H3. The van der Waals surface area contributed by atoms with E-state index in [1.165, 1.54) is 19.2 Å². The van der Waals surface area contributed by atoms with Crippen molar-refractivity contribution in [3.8, 4) is 11.5 Å². The maximum Gasteiger partial charge on any atom is 0.196 e. The molecule has 0 aliphatic carbocycles. The Kier molecular flexibility index (Phi) is 3.52. The molecule has 0 fully saturated rings. The number of para-hydroxylation sites is 1. The second kappa shape index (κ2) is 4.67. The van der Waals surface area contributed by atoms with Gasteiger partial charge < -0.3 is 14.6 Å². The van der Waals surface area contributed by atoms with Crippen molar-refractivity contribution in [3.05, 3.63) is 24.0 Å². The zero-order chi connectivity index (χ0) is 9.68. The van der Waals surface area contributed by atoms with Crippen LogP contribution < -0.4 is 9.47 Å². The number of rotatable bonds is 4. The van der Waals surface area contributed by atoms with E-state index >= 15 is 0 Å². The van der Waals surface area contributed by atoms with Crippen LogP contribution in [0.25, 0.3) is 0 Å². The molecule has 0 heterocycles. The lowest BCUT2D eigenvalue weighted by Gasteiger charge is -2.09. The van der Waals surface area contributed by atoms with Crippen LogP contribution in [0.5, 0.6) is 11.5 Å². The average molecular weight is 186 g/mol. The molecule has 72 valence electrons. The van der Waals surface area contributed by atoms with Gasteiger partial charge in [-0.1, -0.05) is 6.07 Å². The topological polar surface area (TPSA) is 38.7 Å². The van der Waals surface area contributed by atoms with Gasteiger partial charge in [-0.2, -0.15) is 0 Å². The van der Waals surface area contributed by atoms with E-state index in [4.69, 9.17) is 14.6 Å². The number of hydrogen-bond acceptors (Lipinski definition) is 3. The molecular formula is C9H11FO3. The Hall–Kier alpha value is -1.29. The molecule has 0 radical (unpaired) electrons. The molecule has 0 bridgehead atoms. The lowest BCUT2D eigenvalue weighted by molar-refractivity contribution is 0.195. The summed E-state index contributed by atoms with van der Waals surface area (Å²) in [6.45, 7) is 0.0134. The average Bonchev–Trinajstić information content (AvgIpc) is 2.15. The van der Waals surface area contributed by atoms with Crippen LogP contribution in [0, 0.1) is 5.82 Å². The lowest BCUT2D eigenvalue weighted by Crippen LogP contribution is -2.03. The van der Waals surface area contributed by atoms with Crippen LogP contribution in [0.2, 0.25) is 0 Å². The number of aliphatic hydroxyl groups excluding tert-OH is 1. The van der Waals surface area contributed by atoms with Crippen molar-refractivity contribution in [2.75, 3.05) is 20.3 Å². The Labute approximate surface area is 75.7 Å². The Bertz CT molecular complexity index is 276. The smallest absolute Gasteiger partial charge is 0.196 e. The summed E-state index contributed by atoms with van der Waals surface area (Å²) in [5, 5.41) is 8.50. The molecule has 0 amide bonds. The molecule has 4 heteroatoms. The number of aliphatic hydroxyl groups is 1. The van der Waals surface area contributed by atoms with Crippen LogP contribution in [-0.2, 0) is 0 Å². The van der Waals surface area contributed by atoms with Gasteiger partial charge in [0.2, 0.25) is 0 Å². The molecule has 13 heavy (non-hydrogen) atoms. The van der Waals surface area contributed by atoms with E-state index in [0.717, 1.165) is 0 Å². The highest BCUT2D eigenvalue weighted by Crippen LogP contribution is 2.29. The molecule has 1 N–H and O–H groups in total. The Morgan fingerprint density at radius 1 is 1.46 bits per heavy atom. The number of ether oxygens (including phenoxy) is 2. The highest BCUT2D eigenvalue weighted by molar-refractivity contribution is 5.40. The third-order valence-corrected chi connectivity index (χ3v) is 1.48. The van der Waals surface area contributed by atoms with Gasteiger partial charge in [-0.25, -0.2) is 4.39 Å². The van der Waals surface area contributed by atoms with Crippen molar-refractivity contribution >= 4 is 0 Å². The summed E-state index contributed by atoms with van der Waals surface area (Å²) < 4.78 is 22.8. The van der Waals surface area contributed by atoms with E-state index in [-0.39, 0.29) is 19.0 Å². The van der Waals surface area contributed by atoms with E-state index in [1.54, 1.807) is 6.07 Å². The van der Waals surface area contributed by atoms with Gasteiger partial charge in [-0.3, -0.25) is 0 Å². The van der Waals surface area contributed by atoms with Crippen molar-refractivity contribution < 1.29 is 19.0 Å². The molecule has 0 aliphatic heterocycles. The minimum Gasteiger partial charge on any atom is -0.490 e. The Balaban J connectivity index is 2.85. The van der Waals surface area contributed by atoms with Crippen LogP contribution >= 0.6 is 0 Å². The van der Waals surface area contributed by atoms with E-state index in [2.05, 4.69) is 0 Å². The van der Waals surface area contributed by atoms with Crippen LogP contribution in [0.15, 0.2) is 18.2 Å². The quantitative estimate of drug-likeness (QED) is 0.768. The van der Waals surface area contributed by atoms with Crippen molar-refractivity contribution in [2.24, 2.45) is 0 Å². The lowest BCUT2D eigenvalue weighted by atomic mass is 10.3. The fourth-order valence-corrected chi connectivity index (χ4v) is 0.956. The zero-order valence-electron chi connectivity index (χ0n) is 7.29. The second-order valence-electron chi connectivity index (χ2n) is 2.34. The fourth-order valence-electron chi connectivity index (χ4n) is 0.956. The predicted octanol–water partition coefficient (Wildman–Crippen LogP) is 1.21. The van der Waals surface area contributed by atoms with Crippen molar-refractivity contribution in [2.45, 2.75) is 0 Å². The summed E-state index contributed by atoms with van der Waals surface area (Å²) in [5.41, 5.74) is 0. The first kappa shape index (κ1) is 9.80. The molecule has 0 saturated heterocycles. The number of hydrogen-bond donors (Lipinski definition) is 1. The Morgan fingerprint density at radius 2 is 2.23 bits per heavy atom. The van der Waals surface area contributed by atoms with Crippen molar-refractivity contribution in [1.29, 1.82) is 0 Å². The van der Waals surface area contributed by atoms with Gasteiger partial charge in [0.25, 0.3) is 0 Å². The summed E-state index contributed by atoms with van der Waals surface area (Å²) in [6.07, 6.45) is 0. The number of halogens is 1. The van der Waals surface area contributed by atoms with Gasteiger partial charge in [0.1, 0.15) is 6.61 Å². The third kappa shape index (κ3) is 2.32. The molecule has 0 saturated carbocycles. The highest BCUT2D eigenvalue weighted by Gasteiger charge is 2.08.